The number of nitrogen functional groups attached to an aromatic ring is 1. The molecule has 0 saturated carbocycles. The van der Waals surface area contributed by atoms with Crippen LogP contribution >= 0.6 is 0 Å². The van der Waals surface area contributed by atoms with Crippen molar-refractivity contribution in [2.24, 2.45) is 0 Å². The molecule has 0 fully saturated rings. The summed E-state index contributed by atoms with van der Waals surface area (Å²) in [5, 5.41) is 8.79. The second-order valence-corrected chi connectivity index (χ2v) is 3.56. The first-order valence-electron chi connectivity index (χ1n) is 4.05. The van der Waals surface area contributed by atoms with Crippen LogP contribution in [0.15, 0.2) is 12.1 Å². The summed E-state index contributed by atoms with van der Waals surface area (Å²) < 4.78 is 26.2. The average Bonchev–Trinajstić information content (AvgIpc) is 2.12. The van der Waals surface area contributed by atoms with Gasteiger partial charge in [-0.2, -0.15) is 5.26 Å². The standard InChI is InChI=1S/C10H10F2N2/c1-10(2,5-13)8-7(14)4-3-6(11)9(8)12/h3-4H,14H2,1-2H3. The maximum Gasteiger partial charge on any atom is 0.165 e. The highest BCUT2D eigenvalue weighted by molar-refractivity contribution is 5.53. The molecule has 0 atom stereocenters. The van der Waals surface area contributed by atoms with E-state index in [1.165, 1.54) is 19.9 Å². The minimum Gasteiger partial charge on any atom is -0.398 e. The fourth-order valence-electron chi connectivity index (χ4n) is 1.26. The van der Waals surface area contributed by atoms with Gasteiger partial charge < -0.3 is 5.73 Å². The Hall–Kier alpha value is -1.63. The van der Waals surface area contributed by atoms with Gasteiger partial charge in [0, 0.05) is 11.3 Å². The molecular weight excluding hydrogens is 186 g/mol. The molecule has 0 radical (unpaired) electrons. The fraction of sp³-hybridized carbons (Fsp3) is 0.300. The lowest BCUT2D eigenvalue weighted by Gasteiger charge is -2.18. The van der Waals surface area contributed by atoms with Crippen LogP contribution in [0, 0.1) is 23.0 Å². The number of rotatable bonds is 1. The summed E-state index contributed by atoms with van der Waals surface area (Å²) >= 11 is 0. The van der Waals surface area contributed by atoms with Crippen molar-refractivity contribution < 1.29 is 8.78 Å². The number of nitrogens with zero attached hydrogens (tertiary/aromatic N) is 1. The van der Waals surface area contributed by atoms with Crippen LogP contribution in [0.5, 0.6) is 0 Å². The lowest BCUT2D eigenvalue weighted by molar-refractivity contribution is 0.482. The van der Waals surface area contributed by atoms with Crippen LogP contribution < -0.4 is 5.73 Å². The molecule has 2 N–H and O–H groups in total. The molecule has 0 spiro atoms. The number of nitrogens with two attached hydrogens (primary N) is 1. The highest BCUT2D eigenvalue weighted by atomic mass is 19.2. The predicted octanol–water partition coefficient (Wildman–Crippen LogP) is 2.35. The van der Waals surface area contributed by atoms with Gasteiger partial charge in [0.15, 0.2) is 11.6 Å². The molecular formula is C10H10F2N2. The Balaban J connectivity index is 3.49. The molecule has 0 unspecified atom stereocenters. The number of hydrogen-bond donors (Lipinski definition) is 1. The molecule has 1 aromatic carbocycles. The smallest absolute Gasteiger partial charge is 0.165 e. The highest BCUT2D eigenvalue weighted by Gasteiger charge is 2.28. The van der Waals surface area contributed by atoms with Crippen molar-refractivity contribution in [1.82, 2.24) is 0 Å². The normalized spacial score (nSPS) is 11.1. The van der Waals surface area contributed by atoms with Crippen LogP contribution in [0.25, 0.3) is 0 Å². The van der Waals surface area contributed by atoms with Crippen molar-refractivity contribution in [3.05, 3.63) is 29.3 Å². The van der Waals surface area contributed by atoms with Crippen LogP contribution in [0.3, 0.4) is 0 Å². The number of anilines is 1. The van der Waals surface area contributed by atoms with Gasteiger partial charge in [0.05, 0.1) is 11.5 Å². The summed E-state index contributed by atoms with van der Waals surface area (Å²) in [5.74, 6) is -2.03. The van der Waals surface area contributed by atoms with E-state index in [0.29, 0.717) is 0 Å². The SMILES string of the molecule is CC(C)(C#N)c1c(N)ccc(F)c1F. The molecule has 14 heavy (non-hydrogen) atoms. The van der Waals surface area contributed by atoms with Crippen LogP contribution in [-0.2, 0) is 5.41 Å². The summed E-state index contributed by atoms with van der Waals surface area (Å²) in [6, 6.07) is 4.08. The Morgan fingerprint density at radius 1 is 1.36 bits per heavy atom. The van der Waals surface area contributed by atoms with E-state index in [0.717, 1.165) is 6.07 Å². The largest absolute Gasteiger partial charge is 0.398 e. The molecule has 0 saturated heterocycles. The Morgan fingerprint density at radius 2 is 1.93 bits per heavy atom. The Bertz CT molecular complexity index is 405. The van der Waals surface area contributed by atoms with Gasteiger partial charge in [-0.05, 0) is 26.0 Å². The average molecular weight is 196 g/mol. The van der Waals surface area contributed by atoms with Gasteiger partial charge in [-0.25, -0.2) is 8.78 Å². The van der Waals surface area contributed by atoms with Gasteiger partial charge in [0.25, 0.3) is 0 Å². The minimum absolute atomic E-state index is 0.0833. The molecule has 0 heterocycles. The summed E-state index contributed by atoms with van der Waals surface area (Å²) in [6.07, 6.45) is 0. The summed E-state index contributed by atoms with van der Waals surface area (Å²) in [7, 11) is 0. The van der Waals surface area contributed by atoms with Crippen molar-refractivity contribution >= 4 is 5.69 Å². The zero-order valence-corrected chi connectivity index (χ0v) is 7.94. The number of halogens is 2. The molecule has 0 aromatic heterocycles. The monoisotopic (exact) mass is 196 g/mol. The van der Waals surface area contributed by atoms with Crippen molar-refractivity contribution in [2.75, 3.05) is 5.73 Å². The second-order valence-electron chi connectivity index (χ2n) is 3.56. The molecule has 0 aliphatic carbocycles. The van der Waals surface area contributed by atoms with Gasteiger partial charge >= 0.3 is 0 Å². The fourth-order valence-corrected chi connectivity index (χ4v) is 1.26. The summed E-state index contributed by atoms with van der Waals surface area (Å²) in [4.78, 5) is 0. The van der Waals surface area contributed by atoms with Crippen molar-refractivity contribution in [3.8, 4) is 6.07 Å². The molecule has 0 amide bonds. The van der Waals surface area contributed by atoms with E-state index in [4.69, 9.17) is 11.0 Å². The van der Waals surface area contributed by atoms with Gasteiger partial charge in [0.1, 0.15) is 0 Å². The zero-order valence-electron chi connectivity index (χ0n) is 7.94. The quantitative estimate of drug-likeness (QED) is 0.701. The third-order valence-electron chi connectivity index (χ3n) is 2.03. The van der Waals surface area contributed by atoms with Crippen LogP contribution in [-0.4, -0.2) is 0 Å². The molecule has 0 bridgehead atoms. The Kier molecular flexibility index (Phi) is 2.43. The van der Waals surface area contributed by atoms with Crippen molar-refractivity contribution in [2.45, 2.75) is 19.3 Å². The molecule has 0 aliphatic rings. The predicted molar refractivity (Wildman–Crippen MR) is 49.4 cm³/mol. The minimum atomic E-state index is -1.13. The van der Waals surface area contributed by atoms with Gasteiger partial charge in [-0.15, -0.1) is 0 Å². The second kappa shape index (κ2) is 3.26. The van der Waals surface area contributed by atoms with E-state index >= 15 is 0 Å². The number of benzene rings is 1. The third kappa shape index (κ3) is 1.53. The topological polar surface area (TPSA) is 49.8 Å². The highest BCUT2D eigenvalue weighted by Crippen LogP contribution is 2.31. The maximum atomic E-state index is 13.3. The first kappa shape index (κ1) is 10.5. The lowest BCUT2D eigenvalue weighted by Crippen LogP contribution is -2.19. The lowest BCUT2D eigenvalue weighted by atomic mass is 9.84. The van der Waals surface area contributed by atoms with Crippen LogP contribution in [0.2, 0.25) is 0 Å². The number of hydrogen-bond acceptors (Lipinski definition) is 2. The van der Waals surface area contributed by atoms with E-state index in [2.05, 4.69) is 0 Å². The Labute approximate surface area is 81.0 Å². The van der Waals surface area contributed by atoms with E-state index in [1.807, 2.05) is 6.07 Å². The van der Waals surface area contributed by atoms with Crippen molar-refractivity contribution in [1.29, 1.82) is 5.26 Å². The molecule has 1 rings (SSSR count). The zero-order chi connectivity index (χ0) is 10.9. The first-order chi connectivity index (χ1) is 6.40. The molecule has 1 aromatic rings. The van der Waals surface area contributed by atoms with E-state index in [1.54, 1.807) is 0 Å². The van der Waals surface area contributed by atoms with Crippen LogP contribution in [0.4, 0.5) is 14.5 Å². The molecule has 4 heteroatoms. The third-order valence-corrected chi connectivity index (χ3v) is 2.03. The van der Waals surface area contributed by atoms with Gasteiger partial charge in [-0.1, -0.05) is 0 Å². The van der Waals surface area contributed by atoms with Gasteiger partial charge in [0.2, 0.25) is 0 Å². The molecule has 74 valence electrons. The Morgan fingerprint density at radius 3 is 2.43 bits per heavy atom. The maximum absolute atomic E-state index is 13.3. The first-order valence-corrected chi connectivity index (χ1v) is 4.05. The number of nitriles is 1. The van der Waals surface area contributed by atoms with E-state index in [-0.39, 0.29) is 11.3 Å². The van der Waals surface area contributed by atoms with E-state index in [9.17, 15) is 8.78 Å². The summed E-state index contributed by atoms with van der Waals surface area (Å²) in [6.45, 7) is 2.97. The molecule has 2 nitrogen and oxygen atoms in total. The molecule has 0 aliphatic heterocycles. The summed E-state index contributed by atoms with van der Waals surface area (Å²) in [5.41, 5.74) is 4.38. The van der Waals surface area contributed by atoms with Gasteiger partial charge in [-0.3, -0.25) is 0 Å². The van der Waals surface area contributed by atoms with Crippen molar-refractivity contribution in [3.63, 3.8) is 0 Å². The van der Waals surface area contributed by atoms with E-state index < -0.39 is 17.0 Å². The van der Waals surface area contributed by atoms with Crippen LogP contribution in [0.1, 0.15) is 19.4 Å².